The van der Waals surface area contributed by atoms with Crippen LogP contribution >= 0.6 is 0 Å². The van der Waals surface area contributed by atoms with Gasteiger partial charge in [-0.15, -0.1) is 0 Å². The molecule has 0 aromatic heterocycles. The molecule has 0 aliphatic carbocycles. The Balaban J connectivity index is 1.52. The number of hydrogen-bond acceptors (Lipinski definition) is 5. The number of benzene rings is 1. The van der Waals surface area contributed by atoms with Crippen molar-refractivity contribution in [2.75, 3.05) is 72.6 Å². The first-order valence-electron chi connectivity index (χ1n) is 10.8. The lowest BCUT2D eigenvalue weighted by atomic mass is 10.2. The smallest absolute Gasteiger partial charge is 0.119 e. The molecular weight excluding hydrogens is 336 g/mol. The molecule has 1 saturated heterocycles. The van der Waals surface area contributed by atoms with Crippen LogP contribution in [-0.2, 0) is 6.54 Å². The minimum Gasteiger partial charge on any atom is -0.494 e. The van der Waals surface area contributed by atoms with Crippen LogP contribution in [0, 0.1) is 0 Å². The van der Waals surface area contributed by atoms with Gasteiger partial charge in [-0.2, -0.15) is 0 Å². The van der Waals surface area contributed by atoms with Gasteiger partial charge in [0.15, 0.2) is 0 Å². The highest BCUT2D eigenvalue weighted by Crippen LogP contribution is 2.12. The van der Waals surface area contributed by atoms with E-state index in [1.165, 1.54) is 44.7 Å². The third-order valence-electron chi connectivity index (χ3n) is 5.46. The second-order valence-electron chi connectivity index (χ2n) is 7.55. The molecular formula is C22H40N4O. The fourth-order valence-corrected chi connectivity index (χ4v) is 3.45. The van der Waals surface area contributed by atoms with E-state index in [0.717, 1.165) is 51.5 Å². The van der Waals surface area contributed by atoms with E-state index in [1.807, 2.05) is 0 Å². The first kappa shape index (κ1) is 22.2. The molecule has 0 unspecified atom stereocenters. The maximum absolute atomic E-state index is 5.86. The maximum Gasteiger partial charge on any atom is 0.119 e. The number of rotatable bonds is 13. The van der Waals surface area contributed by atoms with Crippen LogP contribution in [0.3, 0.4) is 0 Å². The van der Waals surface area contributed by atoms with Crippen LogP contribution in [0.5, 0.6) is 5.75 Å². The predicted molar refractivity (Wildman–Crippen MR) is 115 cm³/mol. The Labute approximate surface area is 166 Å². The summed E-state index contributed by atoms with van der Waals surface area (Å²) in [5.41, 5.74) is 1.32. The Morgan fingerprint density at radius 3 is 2.37 bits per heavy atom. The first-order valence-corrected chi connectivity index (χ1v) is 10.8. The van der Waals surface area contributed by atoms with Crippen LogP contribution in [0.15, 0.2) is 24.3 Å². The largest absolute Gasteiger partial charge is 0.494 e. The normalized spacial score (nSPS) is 16.1. The van der Waals surface area contributed by atoms with Gasteiger partial charge in [0.25, 0.3) is 0 Å². The predicted octanol–water partition coefficient (Wildman–Crippen LogP) is 2.52. The highest BCUT2D eigenvalue weighted by molar-refractivity contribution is 5.27. The Hall–Kier alpha value is -1.14. The molecule has 1 N–H and O–H groups in total. The second-order valence-corrected chi connectivity index (χ2v) is 7.55. The molecule has 0 radical (unpaired) electrons. The van der Waals surface area contributed by atoms with Crippen LogP contribution < -0.4 is 10.1 Å². The summed E-state index contributed by atoms with van der Waals surface area (Å²) in [5.74, 6) is 0.980. The van der Waals surface area contributed by atoms with Crippen LogP contribution in [0.1, 0.15) is 32.3 Å². The van der Waals surface area contributed by atoms with Gasteiger partial charge >= 0.3 is 0 Å². The minimum absolute atomic E-state index is 0.792. The minimum atomic E-state index is 0.792. The van der Waals surface area contributed by atoms with Gasteiger partial charge in [-0.05, 0) is 63.8 Å². The lowest BCUT2D eigenvalue weighted by Gasteiger charge is -2.32. The molecule has 5 heteroatoms. The summed E-state index contributed by atoms with van der Waals surface area (Å²) in [5, 5.41) is 3.56. The van der Waals surface area contributed by atoms with Crippen molar-refractivity contribution < 1.29 is 4.74 Å². The van der Waals surface area contributed by atoms with E-state index in [-0.39, 0.29) is 0 Å². The molecule has 0 saturated carbocycles. The zero-order chi connectivity index (χ0) is 19.3. The van der Waals surface area contributed by atoms with Gasteiger partial charge < -0.3 is 24.8 Å². The molecule has 0 bridgehead atoms. The Kier molecular flexibility index (Phi) is 10.8. The van der Waals surface area contributed by atoms with E-state index in [0.29, 0.717) is 0 Å². The molecule has 1 aromatic rings. The molecule has 0 atom stereocenters. The van der Waals surface area contributed by atoms with Crippen LogP contribution in [0.2, 0.25) is 0 Å². The van der Waals surface area contributed by atoms with E-state index in [9.17, 15) is 0 Å². The highest BCUT2D eigenvalue weighted by Gasteiger charge is 2.12. The van der Waals surface area contributed by atoms with Crippen molar-refractivity contribution in [3.8, 4) is 5.75 Å². The van der Waals surface area contributed by atoms with E-state index >= 15 is 0 Å². The monoisotopic (exact) mass is 376 g/mol. The molecule has 2 rings (SSSR count). The summed E-state index contributed by atoms with van der Waals surface area (Å²) >= 11 is 0. The van der Waals surface area contributed by atoms with Gasteiger partial charge in [-0.1, -0.05) is 26.0 Å². The molecule has 5 nitrogen and oxygen atoms in total. The van der Waals surface area contributed by atoms with E-state index < -0.39 is 0 Å². The number of ether oxygens (including phenoxy) is 1. The molecule has 1 aromatic carbocycles. The quantitative estimate of drug-likeness (QED) is 0.535. The van der Waals surface area contributed by atoms with Crippen molar-refractivity contribution in [3.63, 3.8) is 0 Å². The summed E-state index contributed by atoms with van der Waals surface area (Å²) in [4.78, 5) is 7.42. The second kappa shape index (κ2) is 13.1. The summed E-state index contributed by atoms with van der Waals surface area (Å²) in [6.45, 7) is 16.6. The van der Waals surface area contributed by atoms with Gasteiger partial charge in [0.05, 0.1) is 6.61 Å². The van der Waals surface area contributed by atoms with Crippen molar-refractivity contribution in [1.29, 1.82) is 0 Å². The maximum atomic E-state index is 5.86. The van der Waals surface area contributed by atoms with E-state index in [1.54, 1.807) is 0 Å². The average Bonchev–Trinajstić information content (AvgIpc) is 2.70. The highest BCUT2D eigenvalue weighted by atomic mass is 16.5. The van der Waals surface area contributed by atoms with Crippen LogP contribution in [0.4, 0.5) is 0 Å². The van der Waals surface area contributed by atoms with Crippen molar-refractivity contribution >= 4 is 0 Å². The summed E-state index contributed by atoms with van der Waals surface area (Å²) in [6.07, 6.45) is 2.30. The molecule has 27 heavy (non-hydrogen) atoms. The number of hydrogen-bond donors (Lipinski definition) is 1. The zero-order valence-electron chi connectivity index (χ0n) is 17.8. The molecule has 154 valence electrons. The zero-order valence-corrected chi connectivity index (χ0v) is 17.8. The van der Waals surface area contributed by atoms with Gasteiger partial charge in [-0.3, -0.25) is 0 Å². The third kappa shape index (κ3) is 9.06. The van der Waals surface area contributed by atoms with Crippen LogP contribution in [0.25, 0.3) is 0 Å². The van der Waals surface area contributed by atoms with Crippen molar-refractivity contribution in [1.82, 2.24) is 20.0 Å². The Morgan fingerprint density at radius 2 is 1.70 bits per heavy atom. The topological polar surface area (TPSA) is 31.0 Å². The molecule has 0 spiro atoms. The van der Waals surface area contributed by atoms with Gasteiger partial charge in [0.1, 0.15) is 5.75 Å². The molecule has 1 aliphatic rings. The fourth-order valence-electron chi connectivity index (χ4n) is 3.45. The number of piperazine rings is 1. The number of nitrogens with one attached hydrogen (secondary N) is 1. The Bertz CT molecular complexity index is 482. The molecule has 1 fully saturated rings. The van der Waals surface area contributed by atoms with Crippen molar-refractivity contribution in [3.05, 3.63) is 29.8 Å². The molecule has 0 amide bonds. The van der Waals surface area contributed by atoms with E-state index in [2.05, 4.69) is 65.2 Å². The average molecular weight is 377 g/mol. The van der Waals surface area contributed by atoms with Gasteiger partial charge in [0.2, 0.25) is 0 Å². The van der Waals surface area contributed by atoms with Crippen molar-refractivity contribution in [2.45, 2.75) is 33.2 Å². The Morgan fingerprint density at radius 1 is 1.00 bits per heavy atom. The lowest BCUT2D eigenvalue weighted by Crippen LogP contribution is -2.45. The summed E-state index contributed by atoms with van der Waals surface area (Å²) < 4.78 is 5.86. The SMILES string of the molecule is CCN(CC)CCCOc1ccc(CNCCCN2CCN(C)CC2)cc1. The molecule has 1 heterocycles. The van der Waals surface area contributed by atoms with Crippen LogP contribution in [-0.4, -0.2) is 87.3 Å². The lowest BCUT2D eigenvalue weighted by molar-refractivity contribution is 0.153. The third-order valence-corrected chi connectivity index (χ3v) is 5.46. The van der Waals surface area contributed by atoms with Gasteiger partial charge in [-0.25, -0.2) is 0 Å². The fraction of sp³-hybridized carbons (Fsp3) is 0.727. The number of nitrogens with zero attached hydrogens (tertiary/aromatic N) is 3. The standard InChI is InChI=1S/C22H40N4O/c1-4-25(5-2)14-7-19-27-22-10-8-21(9-11-22)20-23-12-6-13-26-17-15-24(3)16-18-26/h8-11,23H,4-7,12-20H2,1-3H3. The number of likely N-dealkylation sites (N-methyl/N-ethyl adjacent to an activating group) is 1. The van der Waals surface area contributed by atoms with Gasteiger partial charge in [0, 0.05) is 39.3 Å². The molecule has 1 aliphatic heterocycles. The van der Waals surface area contributed by atoms with E-state index in [4.69, 9.17) is 4.74 Å². The summed E-state index contributed by atoms with van der Waals surface area (Å²) in [6, 6.07) is 8.54. The summed E-state index contributed by atoms with van der Waals surface area (Å²) in [7, 11) is 2.21. The first-order chi connectivity index (χ1) is 13.2. The van der Waals surface area contributed by atoms with Crippen molar-refractivity contribution in [2.24, 2.45) is 0 Å².